The highest BCUT2D eigenvalue weighted by atomic mass is 16.5. The van der Waals surface area contributed by atoms with Gasteiger partial charge < -0.3 is 23.4 Å². The van der Waals surface area contributed by atoms with Crippen LogP contribution in [0.2, 0.25) is 0 Å². The summed E-state index contributed by atoms with van der Waals surface area (Å²) >= 11 is 0. The average Bonchev–Trinajstić information content (AvgIpc) is 3.69. The quantitative estimate of drug-likeness (QED) is 0.119. The molecule has 8 nitrogen and oxygen atoms in total. The van der Waals surface area contributed by atoms with Crippen LogP contribution in [0.5, 0.6) is 11.5 Å². The Balaban J connectivity index is 1.07. The van der Waals surface area contributed by atoms with Crippen LogP contribution in [0.3, 0.4) is 0 Å². The van der Waals surface area contributed by atoms with Crippen LogP contribution < -0.4 is 19.8 Å². The molecule has 0 bridgehead atoms. The first-order valence-corrected chi connectivity index (χ1v) is 15.1. The van der Waals surface area contributed by atoms with E-state index in [4.69, 9.17) is 13.9 Å². The van der Waals surface area contributed by atoms with Crippen LogP contribution in [0.25, 0.3) is 16.5 Å². The minimum Gasteiger partial charge on any atom is -0.488 e. The molecule has 8 heteroatoms. The van der Waals surface area contributed by atoms with E-state index < -0.39 is 5.91 Å². The second-order valence-electron chi connectivity index (χ2n) is 11.2. The Kier molecular flexibility index (Phi) is 8.87. The SMILES string of the molecule is Cc1ccc(C)n1-c1ccc(OCc2ccc(C(=O)N/N=C/c3ccc(N(C)C)cc3OCc3cccc4ccccc34)o2)cc1. The van der Waals surface area contributed by atoms with Crippen LogP contribution in [-0.2, 0) is 13.2 Å². The van der Waals surface area contributed by atoms with Gasteiger partial charge in [0, 0.05) is 48.5 Å². The van der Waals surface area contributed by atoms with Crippen molar-refractivity contribution < 1.29 is 18.7 Å². The summed E-state index contributed by atoms with van der Waals surface area (Å²) in [7, 11) is 3.95. The molecule has 1 amide bonds. The van der Waals surface area contributed by atoms with E-state index in [0.29, 0.717) is 23.9 Å². The third kappa shape index (κ3) is 6.81. The van der Waals surface area contributed by atoms with Gasteiger partial charge in [0.15, 0.2) is 5.76 Å². The number of benzene rings is 4. The molecule has 232 valence electrons. The summed E-state index contributed by atoms with van der Waals surface area (Å²) in [6.07, 6.45) is 1.57. The maximum atomic E-state index is 12.8. The smallest absolute Gasteiger partial charge is 0.307 e. The van der Waals surface area contributed by atoms with E-state index in [2.05, 4.69) is 65.3 Å². The van der Waals surface area contributed by atoms with E-state index in [1.165, 1.54) is 11.4 Å². The van der Waals surface area contributed by atoms with Crippen molar-refractivity contribution in [2.45, 2.75) is 27.1 Å². The highest BCUT2D eigenvalue weighted by Crippen LogP contribution is 2.27. The number of furan rings is 1. The number of amides is 1. The number of carbonyl (C=O) groups excluding carboxylic acids is 1. The van der Waals surface area contributed by atoms with E-state index in [9.17, 15) is 4.79 Å². The summed E-state index contributed by atoms with van der Waals surface area (Å²) in [6.45, 7) is 4.73. The van der Waals surface area contributed by atoms with Gasteiger partial charge >= 0.3 is 5.91 Å². The Morgan fingerprint density at radius 1 is 0.848 bits per heavy atom. The summed E-state index contributed by atoms with van der Waals surface area (Å²) in [4.78, 5) is 14.8. The van der Waals surface area contributed by atoms with E-state index in [1.54, 1.807) is 18.3 Å². The molecular weight excluding hydrogens is 576 g/mol. The number of fused-ring (bicyclic) bond motifs is 1. The van der Waals surface area contributed by atoms with Crippen molar-refractivity contribution in [2.75, 3.05) is 19.0 Å². The van der Waals surface area contributed by atoms with Crippen LogP contribution in [-0.4, -0.2) is 30.8 Å². The standard InChI is InChI=1S/C38H36N4O4/c1-26-12-13-27(2)42(26)31-16-18-33(19-17-31)44-25-34-20-21-36(46-34)38(43)40-39-23-29-14-15-32(41(3)4)22-37(29)45-24-30-10-7-9-28-8-5-6-11-35(28)30/h5-23H,24-25H2,1-4H3,(H,40,43)/b39-23+. The first-order chi connectivity index (χ1) is 22.4. The van der Waals surface area contributed by atoms with Gasteiger partial charge in [0.05, 0.1) is 6.21 Å². The summed E-state index contributed by atoms with van der Waals surface area (Å²) in [5.41, 5.74) is 8.77. The molecule has 0 saturated carbocycles. The zero-order chi connectivity index (χ0) is 32.0. The zero-order valence-corrected chi connectivity index (χ0v) is 26.4. The van der Waals surface area contributed by atoms with Gasteiger partial charge in [-0.25, -0.2) is 5.43 Å². The summed E-state index contributed by atoms with van der Waals surface area (Å²) in [6, 6.07) is 35.7. The predicted octanol–water partition coefficient (Wildman–Crippen LogP) is 7.83. The Bertz CT molecular complexity index is 1980. The fourth-order valence-corrected chi connectivity index (χ4v) is 5.32. The van der Waals surface area contributed by atoms with Crippen molar-refractivity contribution in [3.63, 3.8) is 0 Å². The minimum absolute atomic E-state index is 0.139. The molecule has 0 radical (unpaired) electrons. The first-order valence-electron chi connectivity index (χ1n) is 15.1. The molecule has 1 N–H and O–H groups in total. The molecule has 2 aromatic heterocycles. The molecule has 0 spiro atoms. The molecule has 0 aliphatic heterocycles. The number of hydrogen-bond donors (Lipinski definition) is 1. The van der Waals surface area contributed by atoms with Crippen LogP contribution in [0.15, 0.2) is 119 Å². The van der Waals surface area contributed by atoms with Crippen molar-refractivity contribution >= 4 is 28.6 Å². The number of aryl methyl sites for hydroxylation is 2. The Morgan fingerprint density at radius 2 is 1.61 bits per heavy atom. The van der Waals surface area contributed by atoms with Gasteiger partial charge in [-0.05, 0) is 90.8 Å². The molecule has 0 aliphatic carbocycles. The lowest BCUT2D eigenvalue weighted by molar-refractivity contribution is 0.0923. The summed E-state index contributed by atoms with van der Waals surface area (Å²) in [5.74, 6) is 1.56. The van der Waals surface area contributed by atoms with E-state index >= 15 is 0 Å². The average molecular weight is 613 g/mol. The molecule has 6 rings (SSSR count). The van der Waals surface area contributed by atoms with Crippen LogP contribution in [0.1, 0.15) is 38.8 Å². The zero-order valence-electron chi connectivity index (χ0n) is 26.4. The van der Waals surface area contributed by atoms with E-state index in [0.717, 1.165) is 33.3 Å². The van der Waals surface area contributed by atoms with E-state index in [-0.39, 0.29) is 12.4 Å². The fourth-order valence-electron chi connectivity index (χ4n) is 5.32. The Labute approximate surface area is 268 Å². The largest absolute Gasteiger partial charge is 0.488 e. The molecule has 0 unspecified atom stereocenters. The lowest BCUT2D eigenvalue weighted by atomic mass is 10.1. The first kappa shape index (κ1) is 30.3. The monoisotopic (exact) mass is 612 g/mol. The Morgan fingerprint density at radius 3 is 2.39 bits per heavy atom. The molecule has 2 heterocycles. The van der Waals surface area contributed by atoms with Crippen LogP contribution in [0.4, 0.5) is 5.69 Å². The van der Waals surface area contributed by atoms with Gasteiger partial charge in [-0.1, -0.05) is 42.5 Å². The van der Waals surface area contributed by atoms with E-state index in [1.807, 2.05) is 79.7 Å². The molecule has 46 heavy (non-hydrogen) atoms. The third-order valence-corrected chi connectivity index (χ3v) is 7.78. The highest BCUT2D eigenvalue weighted by molar-refractivity contribution is 5.93. The lowest BCUT2D eigenvalue weighted by Crippen LogP contribution is -2.17. The highest BCUT2D eigenvalue weighted by Gasteiger charge is 2.12. The number of ether oxygens (including phenoxy) is 2. The van der Waals surface area contributed by atoms with Crippen molar-refractivity contribution in [1.82, 2.24) is 9.99 Å². The topological polar surface area (TPSA) is 81.2 Å². The maximum Gasteiger partial charge on any atom is 0.307 e. The van der Waals surface area contributed by atoms with Gasteiger partial charge in [0.2, 0.25) is 0 Å². The second-order valence-corrected chi connectivity index (χ2v) is 11.2. The van der Waals surface area contributed by atoms with Gasteiger partial charge in [-0.15, -0.1) is 0 Å². The normalized spacial score (nSPS) is 11.2. The van der Waals surface area contributed by atoms with Gasteiger partial charge in [-0.2, -0.15) is 5.10 Å². The van der Waals surface area contributed by atoms with Crippen molar-refractivity contribution in [3.8, 4) is 17.2 Å². The number of hydrazone groups is 1. The molecule has 0 saturated heterocycles. The summed E-state index contributed by atoms with van der Waals surface area (Å²) < 4.78 is 20.1. The molecule has 6 aromatic rings. The third-order valence-electron chi connectivity index (χ3n) is 7.78. The number of anilines is 1. The van der Waals surface area contributed by atoms with Crippen molar-refractivity contribution in [1.29, 1.82) is 0 Å². The predicted molar refractivity (Wildman–Crippen MR) is 182 cm³/mol. The number of rotatable bonds is 11. The molecule has 0 fully saturated rings. The molecular formula is C38H36N4O4. The number of nitrogens with one attached hydrogen (secondary N) is 1. The van der Waals surface area contributed by atoms with Gasteiger partial charge in [-0.3, -0.25) is 4.79 Å². The van der Waals surface area contributed by atoms with Crippen molar-refractivity contribution in [3.05, 3.63) is 143 Å². The fraction of sp³-hybridized carbons (Fsp3) is 0.158. The van der Waals surface area contributed by atoms with Crippen LogP contribution in [0, 0.1) is 13.8 Å². The lowest BCUT2D eigenvalue weighted by Gasteiger charge is -2.16. The molecule has 0 atom stereocenters. The van der Waals surface area contributed by atoms with Crippen molar-refractivity contribution in [2.24, 2.45) is 5.10 Å². The number of carbonyl (C=O) groups is 1. The van der Waals surface area contributed by atoms with Crippen LogP contribution >= 0.6 is 0 Å². The number of aromatic nitrogens is 1. The number of hydrogen-bond acceptors (Lipinski definition) is 6. The maximum absolute atomic E-state index is 12.8. The second kappa shape index (κ2) is 13.5. The summed E-state index contributed by atoms with van der Waals surface area (Å²) in [5, 5.41) is 6.50. The number of nitrogens with zero attached hydrogens (tertiary/aromatic N) is 3. The van der Waals surface area contributed by atoms with Gasteiger partial charge in [0.1, 0.15) is 30.5 Å². The minimum atomic E-state index is -0.465. The molecule has 4 aromatic carbocycles. The molecule has 0 aliphatic rings. The Hall–Kier alpha value is -5.76. The van der Waals surface area contributed by atoms with Gasteiger partial charge in [0.25, 0.3) is 0 Å².